The lowest BCUT2D eigenvalue weighted by molar-refractivity contribution is 0.0936. The summed E-state index contributed by atoms with van der Waals surface area (Å²) in [7, 11) is -0.415. The van der Waals surface area contributed by atoms with E-state index < -0.39 is 10.0 Å². The zero-order valence-electron chi connectivity index (χ0n) is 16.3. The fourth-order valence-electron chi connectivity index (χ4n) is 2.89. The topological polar surface area (TPSA) is 75.7 Å². The minimum atomic E-state index is -3.47. The first kappa shape index (κ1) is 20.8. The quantitative estimate of drug-likeness (QED) is 0.787. The van der Waals surface area contributed by atoms with E-state index in [0.717, 1.165) is 27.4 Å². The second-order valence-electron chi connectivity index (χ2n) is 6.41. The minimum absolute atomic E-state index is 0.196. The highest BCUT2D eigenvalue weighted by Gasteiger charge is 2.21. The van der Waals surface area contributed by atoms with Crippen LogP contribution in [0, 0.1) is 6.92 Å². The Hall–Kier alpha value is -2.54. The molecule has 1 amide bonds. The molecule has 0 saturated heterocycles. The van der Waals surface area contributed by atoms with Crippen LogP contribution < -0.4 is 14.4 Å². The molecule has 7 heteroatoms. The van der Waals surface area contributed by atoms with Gasteiger partial charge in [0, 0.05) is 7.05 Å². The van der Waals surface area contributed by atoms with E-state index >= 15 is 0 Å². The highest BCUT2D eigenvalue weighted by molar-refractivity contribution is 7.92. The lowest BCUT2D eigenvalue weighted by atomic mass is 10.0. The van der Waals surface area contributed by atoms with Gasteiger partial charge in [0.25, 0.3) is 5.91 Å². The Kier molecular flexibility index (Phi) is 6.49. The van der Waals surface area contributed by atoms with Gasteiger partial charge in [0.2, 0.25) is 10.0 Å². The Bertz CT molecular complexity index is 925. The Morgan fingerprint density at radius 3 is 2.44 bits per heavy atom. The van der Waals surface area contributed by atoms with Crippen LogP contribution in [0.5, 0.6) is 5.75 Å². The van der Waals surface area contributed by atoms with Gasteiger partial charge in [-0.05, 0) is 42.7 Å². The van der Waals surface area contributed by atoms with E-state index in [1.807, 2.05) is 32.0 Å². The standard InChI is InChI=1S/C20H26N2O4S/c1-6-17(15-11-12-19(26-4)14(2)13-15)21-20(23)16-9-7-8-10-18(16)22(3)27(5,24)25/h7-13,17H,6H2,1-5H3,(H,21,23). The molecule has 0 heterocycles. The highest BCUT2D eigenvalue weighted by atomic mass is 32.2. The summed E-state index contributed by atoms with van der Waals surface area (Å²) in [5.74, 6) is 0.474. The molecular weight excluding hydrogens is 364 g/mol. The first-order valence-electron chi connectivity index (χ1n) is 8.67. The van der Waals surface area contributed by atoms with Gasteiger partial charge in [0.15, 0.2) is 0 Å². The minimum Gasteiger partial charge on any atom is -0.496 e. The number of ether oxygens (including phenoxy) is 1. The van der Waals surface area contributed by atoms with Gasteiger partial charge in [-0.1, -0.05) is 31.2 Å². The molecule has 0 aliphatic carbocycles. The summed E-state index contributed by atoms with van der Waals surface area (Å²) in [6, 6.07) is 12.3. The zero-order chi connectivity index (χ0) is 20.2. The zero-order valence-corrected chi connectivity index (χ0v) is 17.1. The third-order valence-electron chi connectivity index (χ3n) is 4.52. The number of nitrogens with one attached hydrogen (secondary N) is 1. The number of para-hydroxylation sites is 1. The molecule has 146 valence electrons. The van der Waals surface area contributed by atoms with Crippen molar-refractivity contribution >= 4 is 21.6 Å². The number of sulfonamides is 1. The van der Waals surface area contributed by atoms with Crippen molar-refractivity contribution in [3.63, 3.8) is 0 Å². The maximum atomic E-state index is 12.9. The molecule has 2 aromatic rings. The molecule has 1 unspecified atom stereocenters. The molecule has 6 nitrogen and oxygen atoms in total. The van der Waals surface area contributed by atoms with Gasteiger partial charge in [0.1, 0.15) is 5.75 Å². The summed E-state index contributed by atoms with van der Waals surface area (Å²) in [6.07, 6.45) is 1.80. The molecule has 0 aliphatic rings. The number of benzene rings is 2. The predicted molar refractivity (Wildman–Crippen MR) is 108 cm³/mol. The van der Waals surface area contributed by atoms with Crippen LogP contribution in [-0.4, -0.2) is 34.7 Å². The number of nitrogens with zero attached hydrogens (tertiary/aromatic N) is 1. The molecule has 1 N–H and O–H groups in total. The molecule has 0 radical (unpaired) electrons. The van der Waals surface area contributed by atoms with Crippen LogP contribution in [0.2, 0.25) is 0 Å². The van der Waals surface area contributed by atoms with E-state index in [0.29, 0.717) is 17.7 Å². The van der Waals surface area contributed by atoms with Crippen molar-refractivity contribution < 1.29 is 17.9 Å². The number of amides is 1. The van der Waals surface area contributed by atoms with Crippen LogP contribution in [-0.2, 0) is 10.0 Å². The Labute approximate surface area is 161 Å². The summed E-state index contributed by atoms with van der Waals surface area (Å²) >= 11 is 0. The number of carbonyl (C=O) groups is 1. The molecule has 0 saturated carbocycles. The number of rotatable bonds is 7. The predicted octanol–water partition coefficient (Wildman–Crippen LogP) is 3.28. The van der Waals surface area contributed by atoms with E-state index in [1.165, 1.54) is 7.05 Å². The lowest BCUT2D eigenvalue weighted by Crippen LogP contribution is -2.32. The van der Waals surface area contributed by atoms with Gasteiger partial charge in [-0.3, -0.25) is 9.10 Å². The molecule has 2 aromatic carbocycles. The van der Waals surface area contributed by atoms with E-state index in [4.69, 9.17) is 4.74 Å². The molecule has 1 atom stereocenters. The Morgan fingerprint density at radius 2 is 1.89 bits per heavy atom. The maximum absolute atomic E-state index is 12.9. The van der Waals surface area contributed by atoms with Crippen LogP contribution >= 0.6 is 0 Å². The lowest BCUT2D eigenvalue weighted by Gasteiger charge is -2.22. The second kappa shape index (κ2) is 8.43. The number of aryl methyl sites for hydroxylation is 1. The number of hydrogen-bond acceptors (Lipinski definition) is 4. The molecule has 0 fully saturated rings. The van der Waals surface area contributed by atoms with Gasteiger partial charge in [-0.25, -0.2) is 8.42 Å². The first-order chi connectivity index (χ1) is 12.7. The Morgan fingerprint density at radius 1 is 1.22 bits per heavy atom. The van der Waals surface area contributed by atoms with Crippen LogP contribution in [0.3, 0.4) is 0 Å². The molecule has 0 aromatic heterocycles. The van der Waals surface area contributed by atoms with Crippen LogP contribution in [0.1, 0.15) is 40.9 Å². The first-order valence-corrected chi connectivity index (χ1v) is 10.5. The summed E-state index contributed by atoms with van der Waals surface area (Å²) in [6.45, 7) is 3.94. The van der Waals surface area contributed by atoms with E-state index in [-0.39, 0.29) is 11.9 Å². The van der Waals surface area contributed by atoms with Crippen molar-refractivity contribution in [2.45, 2.75) is 26.3 Å². The van der Waals surface area contributed by atoms with Gasteiger partial charge in [-0.15, -0.1) is 0 Å². The fourth-order valence-corrected chi connectivity index (χ4v) is 3.41. The van der Waals surface area contributed by atoms with Gasteiger partial charge in [0.05, 0.1) is 30.7 Å². The van der Waals surface area contributed by atoms with Crippen molar-refractivity contribution in [1.82, 2.24) is 5.32 Å². The number of carbonyl (C=O) groups excluding carboxylic acids is 1. The molecule has 0 bridgehead atoms. The summed E-state index contributed by atoms with van der Waals surface area (Å²) in [4.78, 5) is 12.9. The normalized spacial score (nSPS) is 12.3. The maximum Gasteiger partial charge on any atom is 0.253 e. The van der Waals surface area contributed by atoms with Gasteiger partial charge >= 0.3 is 0 Å². The van der Waals surface area contributed by atoms with Gasteiger partial charge < -0.3 is 10.1 Å². The van der Waals surface area contributed by atoms with E-state index in [1.54, 1.807) is 31.4 Å². The summed E-state index contributed by atoms with van der Waals surface area (Å²) in [5, 5.41) is 3.01. The highest BCUT2D eigenvalue weighted by Crippen LogP contribution is 2.26. The molecule has 0 spiro atoms. The number of anilines is 1. The smallest absolute Gasteiger partial charge is 0.253 e. The largest absolute Gasteiger partial charge is 0.496 e. The molecular formula is C20H26N2O4S. The number of hydrogen-bond donors (Lipinski definition) is 1. The second-order valence-corrected chi connectivity index (χ2v) is 8.42. The molecule has 0 aliphatic heterocycles. The summed E-state index contributed by atoms with van der Waals surface area (Å²) in [5.41, 5.74) is 2.62. The van der Waals surface area contributed by atoms with Crippen molar-refractivity contribution in [2.75, 3.05) is 24.7 Å². The Balaban J connectivity index is 2.32. The van der Waals surface area contributed by atoms with E-state index in [2.05, 4.69) is 5.32 Å². The average Bonchev–Trinajstić information content (AvgIpc) is 2.64. The number of methoxy groups -OCH3 is 1. The molecule has 27 heavy (non-hydrogen) atoms. The van der Waals surface area contributed by atoms with E-state index in [9.17, 15) is 13.2 Å². The van der Waals surface area contributed by atoms with Gasteiger partial charge in [-0.2, -0.15) is 0 Å². The third-order valence-corrected chi connectivity index (χ3v) is 5.71. The van der Waals surface area contributed by atoms with Crippen molar-refractivity contribution in [3.8, 4) is 5.75 Å². The van der Waals surface area contributed by atoms with Crippen LogP contribution in [0.25, 0.3) is 0 Å². The van der Waals surface area contributed by atoms with Crippen LogP contribution in [0.15, 0.2) is 42.5 Å². The van der Waals surface area contributed by atoms with Crippen molar-refractivity contribution in [1.29, 1.82) is 0 Å². The van der Waals surface area contributed by atoms with Crippen LogP contribution in [0.4, 0.5) is 5.69 Å². The summed E-state index contributed by atoms with van der Waals surface area (Å²) < 4.78 is 30.2. The third kappa shape index (κ3) is 4.80. The fraction of sp³-hybridized carbons (Fsp3) is 0.350. The monoisotopic (exact) mass is 390 g/mol. The van der Waals surface area contributed by atoms with Crippen molar-refractivity contribution in [3.05, 3.63) is 59.2 Å². The molecule has 2 rings (SSSR count). The van der Waals surface area contributed by atoms with Crippen molar-refractivity contribution in [2.24, 2.45) is 0 Å². The average molecular weight is 391 g/mol. The SMILES string of the molecule is CCC(NC(=O)c1ccccc1N(C)S(C)(=O)=O)c1ccc(OC)c(C)c1.